The Bertz CT molecular complexity index is 942. The second-order valence-electron chi connectivity index (χ2n) is 6.64. The molecule has 4 rings (SSSR count). The van der Waals surface area contributed by atoms with E-state index in [0.717, 1.165) is 0 Å². The van der Waals surface area contributed by atoms with Crippen molar-refractivity contribution in [3.05, 3.63) is 58.2 Å². The first kappa shape index (κ1) is 15.3. The number of fused-ring (bicyclic) bond motifs is 2. The van der Waals surface area contributed by atoms with Gasteiger partial charge in [-0.15, -0.1) is 0 Å². The van der Waals surface area contributed by atoms with Gasteiger partial charge in [0, 0.05) is 24.0 Å². The fourth-order valence-corrected chi connectivity index (χ4v) is 4.05. The Hall–Kier alpha value is -3.20. The van der Waals surface area contributed by atoms with Crippen molar-refractivity contribution in [2.75, 3.05) is 0 Å². The lowest BCUT2D eigenvalue weighted by Crippen LogP contribution is -2.46. The normalized spacial score (nSPS) is 24.2. The number of Topliss-reactive ketones (excluding diaryl/α,β-unsaturated/α-hetero) is 3. The van der Waals surface area contributed by atoms with Crippen molar-refractivity contribution in [1.29, 1.82) is 5.26 Å². The van der Waals surface area contributed by atoms with Crippen LogP contribution in [-0.4, -0.2) is 17.3 Å². The third kappa shape index (κ3) is 1.70. The van der Waals surface area contributed by atoms with Gasteiger partial charge >= 0.3 is 0 Å². The maximum absolute atomic E-state index is 13.3. The highest BCUT2D eigenvalue weighted by molar-refractivity contribution is 6.36. The van der Waals surface area contributed by atoms with E-state index in [9.17, 15) is 19.6 Å². The molecule has 6 nitrogen and oxygen atoms in total. The first-order valence-electron chi connectivity index (χ1n) is 7.96. The zero-order valence-corrected chi connectivity index (χ0v) is 13.5. The van der Waals surface area contributed by atoms with Gasteiger partial charge in [-0.3, -0.25) is 14.4 Å². The van der Waals surface area contributed by atoms with Crippen LogP contribution in [-0.2, 0) is 9.53 Å². The van der Waals surface area contributed by atoms with Crippen LogP contribution in [0.4, 0.5) is 0 Å². The zero-order valence-electron chi connectivity index (χ0n) is 13.5. The van der Waals surface area contributed by atoms with Gasteiger partial charge in [0.2, 0.25) is 5.88 Å². The van der Waals surface area contributed by atoms with Crippen LogP contribution in [0, 0.1) is 22.7 Å². The number of ketones is 3. The lowest BCUT2D eigenvalue weighted by atomic mass is 9.64. The molecular formula is C19H14N2O4. The van der Waals surface area contributed by atoms with E-state index in [2.05, 4.69) is 0 Å². The zero-order chi connectivity index (χ0) is 17.9. The summed E-state index contributed by atoms with van der Waals surface area (Å²) in [6.45, 7) is 1.88. The predicted octanol–water partition coefficient (Wildman–Crippen LogP) is 2.03. The molecule has 3 aliphatic rings. The molecule has 124 valence electrons. The maximum Gasteiger partial charge on any atom is 0.206 e. The summed E-state index contributed by atoms with van der Waals surface area (Å²) in [4.78, 5) is 39.3. The third-order valence-corrected chi connectivity index (χ3v) is 5.06. The minimum Gasteiger partial charge on any atom is -0.444 e. The summed E-state index contributed by atoms with van der Waals surface area (Å²) in [6, 6.07) is 8.19. The molecule has 1 aromatic rings. The molecule has 0 aromatic heterocycles. The number of rotatable bonds is 0. The van der Waals surface area contributed by atoms with E-state index in [1.165, 1.54) is 12.1 Å². The van der Waals surface area contributed by atoms with Gasteiger partial charge in [0.15, 0.2) is 22.8 Å². The van der Waals surface area contributed by atoms with Crippen molar-refractivity contribution in [3.63, 3.8) is 0 Å². The topological polar surface area (TPSA) is 110 Å². The summed E-state index contributed by atoms with van der Waals surface area (Å²) in [7, 11) is 0. The molecule has 6 heteroatoms. The van der Waals surface area contributed by atoms with Gasteiger partial charge in [0.25, 0.3) is 0 Å². The van der Waals surface area contributed by atoms with Gasteiger partial charge in [-0.05, 0) is 5.92 Å². The fourth-order valence-electron chi connectivity index (χ4n) is 4.05. The first-order valence-corrected chi connectivity index (χ1v) is 7.96. The standard InChI is InChI=1S/C19H14N2O4/c1-9-6-13(22)15-14(7-9)25-18(21)12(8-20)19(15)16(23)10-4-2-3-5-11(10)17(19)24/h2-5,9H,6-7,21H2,1H3/t9-/m0/s1. The van der Waals surface area contributed by atoms with E-state index in [-0.39, 0.29) is 52.0 Å². The smallest absolute Gasteiger partial charge is 0.206 e. The van der Waals surface area contributed by atoms with Crippen LogP contribution in [0.15, 0.2) is 47.1 Å². The van der Waals surface area contributed by atoms with Crippen molar-refractivity contribution >= 4 is 17.3 Å². The second kappa shape index (κ2) is 4.90. The van der Waals surface area contributed by atoms with E-state index < -0.39 is 17.0 Å². The Morgan fingerprint density at radius 1 is 1.16 bits per heavy atom. The highest BCUT2D eigenvalue weighted by atomic mass is 16.5. The lowest BCUT2D eigenvalue weighted by Gasteiger charge is -2.37. The van der Waals surface area contributed by atoms with Gasteiger partial charge in [-0.2, -0.15) is 5.26 Å². The number of carbonyl (C=O) groups excluding carboxylic acids is 3. The van der Waals surface area contributed by atoms with Crippen LogP contribution in [0.25, 0.3) is 0 Å². The van der Waals surface area contributed by atoms with Gasteiger partial charge in [0.05, 0.1) is 5.57 Å². The van der Waals surface area contributed by atoms with E-state index in [0.29, 0.717) is 6.42 Å². The lowest BCUT2D eigenvalue weighted by molar-refractivity contribution is -0.118. The van der Waals surface area contributed by atoms with Crippen LogP contribution >= 0.6 is 0 Å². The third-order valence-electron chi connectivity index (χ3n) is 5.06. The van der Waals surface area contributed by atoms with E-state index in [4.69, 9.17) is 10.5 Å². The Morgan fingerprint density at radius 3 is 2.32 bits per heavy atom. The molecule has 0 bridgehead atoms. The number of nitriles is 1. The molecule has 0 saturated heterocycles. The number of carbonyl (C=O) groups is 3. The number of benzene rings is 1. The Balaban J connectivity index is 2.08. The average Bonchev–Trinajstić information content (AvgIpc) is 2.78. The summed E-state index contributed by atoms with van der Waals surface area (Å²) in [5, 5.41) is 9.62. The van der Waals surface area contributed by atoms with Crippen molar-refractivity contribution in [3.8, 4) is 6.07 Å². The molecule has 0 saturated carbocycles. The van der Waals surface area contributed by atoms with Gasteiger partial charge in [0.1, 0.15) is 17.4 Å². The van der Waals surface area contributed by atoms with Crippen molar-refractivity contribution in [2.24, 2.45) is 17.1 Å². The SMILES string of the molecule is C[C@H]1CC(=O)C2=C(C1)OC(N)=C(C#N)C21C(=O)c2ccccc2C1=O. The molecule has 25 heavy (non-hydrogen) atoms. The summed E-state index contributed by atoms with van der Waals surface area (Å²) in [5.74, 6) is -1.54. The Morgan fingerprint density at radius 2 is 1.76 bits per heavy atom. The molecule has 1 heterocycles. The van der Waals surface area contributed by atoms with E-state index >= 15 is 0 Å². The van der Waals surface area contributed by atoms with Crippen molar-refractivity contribution in [1.82, 2.24) is 0 Å². The van der Waals surface area contributed by atoms with Crippen LogP contribution < -0.4 is 5.73 Å². The molecule has 0 amide bonds. The summed E-state index contributed by atoms with van der Waals surface area (Å²) >= 11 is 0. The van der Waals surface area contributed by atoms with Gasteiger partial charge in [-0.1, -0.05) is 31.2 Å². The van der Waals surface area contributed by atoms with Crippen LogP contribution in [0.1, 0.15) is 40.5 Å². The molecule has 2 aliphatic carbocycles. The van der Waals surface area contributed by atoms with Crippen molar-refractivity contribution < 1.29 is 19.1 Å². The number of hydrogen-bond acceptors (Lipinski definition) is 6. The average molecular weight is 334 g/mol. The number of hydrogen-bond donors (Lipinski definition) is 1. The number of nitrogens with zero attached hydrogens (tertiary/aromatic N) is 1. The summed E-state index contributed by atoms with van der Waals surface area (Å²) in [5.41, 5.74) is 3.99. The monoisotopic (exact) mass is 334 g/mol. The van der Waals surface area contributed by atoms with Crippen LogP contribution in [0.3, 0.4) is 0 Å². The number of ether oxygens (including phenoxy) is 1. The predicted molar refractivity (Wildman–Crippen MR) is 85.9 cm³/mol. The molecule has 1 aliphatic heterocycles. The largest absolute Gasteiger partial charge is 0.444 e. The molecule has 1 atom stereocenters. The fraction of sp³-hybridized carbons (Fsp3) is 0.263. The number of nitrogens with two attached hydrogens (primary N) is 1. The highest BCUT2D eigenvalue weighted by Gasteiger charge is 2.64. The Kier molecular flexibility index (Phi) is 3.00. The van der Waals surface area contributed by atoms with E-state index in [1.807, 2.05) is 13.0 Å². The minimum absolute atomic E-state index is 0.00807. The first-order chi connectivity index (χ1) is 11.9. The molecule has 0 radical (unpaired) electrons. The quantitative estimate of drug-likeness (QED) is 0.727. The minimum atomic E-state index is -1.99. The van der Waals surface area contributed by atoms with E-state index in [1.54, 1.807) is 12.1 Å². The molecular weight excluding hydrogens is 320 g/mol. The molecule has 2 N–H and O–H groups in total. The number of allylic oxidation sites excluding steroid dienone is 3. The molecule has 0 unspecified atom stereocenters. The van der Waals surface area contributed by atoms with Crippen LogP contribution in [0.2, 0.25) is 0 Å². The Labute approximate surface area is 143 Å². The van der Waals surface area contributed by atoms with Crippen molar-refractivity contribution in [2.45, 2.75) is 19.8 Å². The second-order valence-corrected chi connectivity index (χ2v) is 6.64. The maximum atomic E-state index is 13.3. The van der Waals surface area contributed by atoms with Gasteiger partial charge in [-0.25, -0.2) is 0 Å². The molecule has 0 fully saturated rings. The molecule has 1 aromatic carbocycles. The van der Waals surface area contributed by atoms with Gasteiger partial charge < -0.3 is 10.5 Å². The highest BCUT2D eigenvalue weighted by Crippen LogP contribution is 2.54. The summed E-state index contributed by atoms with van der Waals surface area (Å²) in [6.07, 6.45) is 0.582. The summed E-state index contributed by atoms with van der Waals surface area (Å²) < 4.78 is 5.51. The van der Waals surface area contributed by atoms with Crippen LogP contribution in [0.5, 0.6) is 0 Å². The molecule has 1 spiro atoms.